The summed E-state index contributed by atoms with van der Waals surface area (Å²) >= 11 is 0. The van der Waals surface area contributed by atoms with Crippen molar-refractivity contribution in [1.82, 2.24) is 4.90 Å². The summed E-state index contributed by atoms with van der Waals surface area (Å²) in [4.78, 5) is 28.1. The topological polar surface area (TPSA) is 61.9 Å². The molecule has 2 aliphatic heterocycles. The van der Waals surface area contributed by atoms with E-state index in [9.17, 15) is 14.0 Å². The molecule has 1 N–H and O–H groups in total. The number of carbonyl (C=O) groups is 2. The summed E-state index contributed by atoms with van der Waals surface area (Å²) in [6.07, 6.45) is 0. The van der Waals surface area contributed by atoms with Gasteiger partial charge in [-0.15, -0.1) is 0 Å². The van der Waals surface area contributed by atoms with Gasteiger partial charge in [0, 0.05) is 37.4 Å². The predicted molar refractivity (Wildman–Crippen MR) is 95.1 cm³/mol. The third-order valence-electron chi connectivity index (χ3n) is 4.62. The Kier molecular flexibility index (Phi) is 4.20. The number of nitrogens with zero attached hydrogens (tertiary/aromatic N) is 2. The second-order valence-electron chi connectivity index (χ2n) is 6.30. The van der Waals surface area contributed by atoms with E-state index in [-0.39, 0.29) is 24.2 Å². The lowest BCUT2D eigenvalue weighted by atomic mass is 10.1. The first-order chi connectivity index (χ1) is 12.6. The van der Waals surface area contributed by atoms with Crippen molar-refractivity contribution in [1.29, 1.82) is 0 Å². The Morgan fingerprint density at radius 2 is 1.77 bits per heavy atom. The van der Waals surface area contributed by atoms with Gasteiger partial charge >= 0.3 is 0 Å². The van der Waals surface area contributed by atoms with E-state index in [0.717, 1.165) is 5.69 Å². The van der Waals surface area contributed by atoms with Crippen LogP contribution in [0, 0.1) is 5.82 Å². The van der Waals surface area contributed by atoms with Crippen LogP contribution in [0.15, 0.2) is 42.5 Å². The fourth-order valence-corrected chi connectivity index (χ4v) is 3.22. The van der Waals surface area contributed by atoms with E-state index < -0.39 is 0 Å². The molecule has 2 heterocycles. The molecule has 0 bridgehead atoms. The van der Waals surface area contributed by atoms with Crippen molar-refractivity contribution in [2.75, 3.05) is 43.0 Å². The minimum absolute atomic E-state index is 0.00830. The van der Waals surface area contributed by atoms with Gasteiger partial charge in [0.05, 0.1) is 5.69 Å². The van der Waals surface area contributed by atoms with Crippen molar-refractivity contribution in [3.05, 3.63) is 53.8 Å². The number of piperazine rings is 1. The molecule has 0 spiro atoms. The van der Waals surface area contributed by atoms with Crippen LogP contribution in [0.2, 0.25) is 0 Å². The van der Waals surface area contributed by atoms with Crippen LogP contribution < -0.4 is 15.0 Å². The molecule has 0 unspecified atom stereocenters. The summed E-state index contributed by atoms with van der Waals surface area (Å²) in [5.41, 5.74) is 1.99. The standard InChI is InChI=1S/C19H18FN3O3/c20-14-2-4-15(5-3-14)22-7-9-23(10-8-22)19(25)13-1-6-17-16(11-13)21-18(24)12-26-17/h1-6,11H,7-10,12H2,(H,21,24). The Morgan fingerprint density at radius 1 is 1.04 bits per heavy atom. The first-order valence-electron chi connectivity index (χ1n) is 8.47. The van der Waals surface area contributed by atoms with Gasteiger partial charge in [-0.25, -0.2) is 4.39 Å². The van der Waals surface area contributed by atoms with Gasteiger partial charge in [-0.1, -0.05) is 0 Å². The number of amides is 2. The number of hydrogen-bond acceptors (Lipinski definition) is 4. The zero-order valence-corrected chi connectivity index (χ0v) is 14.1. The van der Waals surface area contributed by atoms with Crippen LogP contribution in [0.3, 0.4) is 0 Å². The molecule has 6 nitrogen and oxygen atoms in total. The number of hydrogen-bond donors (Lipinski definition) is 1. The molecule has 2 aromatic carbocycles. The smallest absolute Gasteiger partial charge is 0.262 e. The highest BCUT2D eigenvalue weighted by Crippen LogP contribution is 2.29. The van der Waals surface area contributed by atoms with Crippen LogP contribution in [-0.4, -0.2) is 49.5 Å². The Labute approximate surface area is 150 Å². The van der Waals surface area contributed by atoms with Gasteiger partial charge in [-0.05, 0) is 42.5 Å². The van der Waals surface area contributed by atoms with Gasteiger partial charge in [0.1, 0.15) is 11.6 Å². The van der Waals surface area contributed by atoms with Crippen molar-refractivity contribution in [3.63, 3.8) is 0 Å². The molecule has 0 aliphatic carbocycles. The van der Waals surface area contributed by atoms with E-state index in [1.807, 2.05) is 0 Å². The predicted octanol–water partition coefficient (Wildman–Crippen LogP) is 2.12. The highest BCUT2D eigenvalue weighted by molar-refractivity contribution is 6.00. The number of nitrogens with one attached hydrogen (secondary N) is 1. The number of ether oxygens (including phenoxy) is 1. The zero-order chi connectivity index (χ0) is 18.1. The second-order valence-corrected chi connectivity index (χ2v) is 6.30. The van der Waals surface area contributed by atoms with Crippen molar-refractivity contribution in [2.24, 2.45) is 0 Å². The van der Waals surface area contributed by atoms with Crippen LogP contribution >= 0.6 is 0 Å². The van der Waals surface area contributed by atoms with Crippen molar-refractivity contribution in [2.45, 2.75) is 0 Å². The Hall–Kier alpha value is -3.09. The molecule has 0 saturated carbocycles. The van der Waals surface area contributed by atoms with Crippen LogP contribution in [-0.2, 0) is 4.79 Å². The number of carbonyl (C=O) groups excluding carboxylic acids is 2. The van der Waals surface area contributed by atoms with Crippen molar-refractivity contribution < 1.29 is 18.7 Å². The van der Waals surface area contributed by atoms with Crippen LogP contribution in [0.4, 0.5) is 15.8 Å². The molecule has 0 atom stereocenters. The molecule has 4 rings (SSSR count). The van der Waals surface area contributed by atoms with Crippen molar-refractivity contribution in [3.8, 4) is 5.75 Å². The monoisotopic (exact) mass is 355 g/mol. The van der Waals surface area contributed by atoms with Crippen LogP contribution in [0.25, 0.3) is 0 Å². The number of fused-ring (bicyclic) bond motifs is 1. The molecule has 2 amide bonds. The second kappa shape index (κ2) is 6.67. The Morgan fingerprint density at radius 3 is 2.50 bits per heavy atom. The maximum atomic E-state index is 13.0. The van der Waals surface area contributed by atoms with E-state index in [4.69, 9.17) is 4.74 Å². The highest BCUT2D eigenvalue weighted by Gasteiger charge is 2.24. The van der Waals surface area contributed by atoms with Gasteiger partial charge in [0.2, 0.25) is 0 Å². The lowest BCUT2D eigenvalue weighted by molar-refractivity contribution is -0.118. The first-order valence-corrected chi connectivity index (χ1v) is 8.47. The Balaban J connectivity index is 1.43. The van der Waals surface area contributed by atoms with E-state index in [2.05, 4.69) is 10.2 Å². The molecule has 1 fully saturated rings. The summed E-state index contributed by atoms with van der Waals surface area (Å²) in [5, 5.41) is 2.72. The minimum Gasteiger partial charge on any atom is -0.482 e. The average molecular weight is 355 g/mol. The fourth-order valence-electron chi connectivity index (χ4n) is 3.22. The molecule has 2 aromatic rings. The molecular formula is C19H18FN3O3. The van der Waals surface area contributed by atoms with Gasteiger partial charge in [0.25, 0.3) is 11.8 Å². The molecule has 7 heteroatoms. The van der Waals surface area contributed by atoms with Gasteiger partial charge in [-0.2, -0.15) is 0 Å². The molecule has 26 heavy (non-hydrogen) atoms. The summed E-state index contributed by atoms with van der Waals surface area (Å²) < 4.78 is 18.4. The van der Waals surface area contributed by atoms with Crippen LogP contribution in [0.5, 0.6) is 5.75 Å². The third kappa shape index (κ3) is 3.20. The zero-order valence-electron chi connectivity index (χ0n) is 14.1. The molecule has 2 aliphatic rings. The van der Waals surface area contributed by atoms with E-state index >= 15 is 0 Å². The summed E-state index contributed by atoms with van der Waals surface area (Å²) in [6, 6.07) is 11.5. The summed E-state index contributed by atoms with van der Waals surface area (Å²) in [5.74, 6) is 0.00899. The molecule has 0 radical (unpaired) electrons. The molecular weight excluding hydrogens is 337 g/mol. The number of anilines is 2. The fraction of sp³-hybridized carbons (Fsp3) is 0.263. The van der Waals surface area contributed by atoms with E-state index in [0.29, 0.717) is 43.2 Å². The lowest BCUT2D eigenvalue weighted by Crippen LogP contribution is -2.48. The summed E-state index contributed by atoms with van der Waals surface area (Å²) in [6.45, 7) is 2.52. The highest BCUT2D eigenvalue weighted by atomic mass is 19.1. The van der Waals surface area contributed by atoms with E-state index in [1.165, 1.54) is 12.1 Å². The normalized spacial score (nSPS) is 16.6. The van der Waals surface area contributed by atoms with Gasteiger partial charge in [-0.3, -0.25) is 9.59 Å². The van der Waals surface area contributed by atoms with Crippen molar-refractivity contribution >= 4 is 23.2 Å². The average Bonchev–Trinajstić information content (AvgIpc) is 2.67. The van der Waals surface area contributed by atoms with Gasteiger partial charge < -0.3 is 19.9 Å². The Bertz CT molecular complexity index is 846. The van der Waals surface area contributed by atoms with Crippen LogP contribution in [0.1, 0.15) is 10.4 Å². The number of benzene rings is 2. The maximum absolute atomic E-state index is 13.0. The van der Waals surface area contributed by atoms with Gasteiger partial charge in [0.15, 0.2) is 6.61 Å². The molecule has 0 aromatic heterocycles. The third-order valence-corrected chi connectivity index (χ3v) is 4.62. The summed E-state index contributed by atoms with van der Waals surface area (Å²) in [7, 11) is 0. The largest absolute Gasteiger partial charge is 0.482 e. The first kappa shape index (κ1) is 16.4. The number of halogens is 1. The number of rotatable bonds is 2. The molecule has 134 valence electrons. The maximum Gasteiger partial charge on any atom is 0.262 e. The quantitative estimate of drug-likeness (QED) is 0.896. The van der Waals surface area contributed by atoms with E-state index in [1.54, 1.807) is 35.2 Å². The molecule has 1 saturated heterocycles. The minimum atomic E-state index is -0.258. The lowest BCUT2D eigenvalue weighted by Gasteiger charge is -2.36. The SMILES string of the molecule is O=C1COc2ccc(C(=O)N3CCN(c4ccc(F)cc4)CC3)cc2N1.